The summed E-state index contributed by atoms with van der Waals surface area (Å²) in [6.07, 6.45) is 4.21. The van der Waals surface area contributed by atoms with Gasteiger partial charge in [-0.05, 0) is 52.5 Å². The molecule has 0 aromatic carbocycles. The number of pyridine rings is 1. The Morgan fingerprint density at radius 2 is 1.89 bits per heavy atom. The summed E-state index contributed by atoms with van der Waals surface area (Å²) >= 11 is 0. The third kappa shape index (κ3) is 2.73. The van der Waals surface area contributed by atoms with Gasteiger partial charge in [-0.25, -0.2) is 0 Å². The predicted molar refractivity (Wildman–Crippen MR) is 77.8 cm³/mol. The van der Waals surface area contributed by atoms with Crippen LogP contribution in [0.4, 0.5) is 0 Å². The minimum Gasteiger partial charge on any atom is -0.311 e. The molecule has 0 saturated heterocycles. The van der Waals surface area contributed by atoms with Crippen LogP contribution in [0.3, 0.4) is 0 Å². The highest BCUT2D eigenvalue weighted by Crippen LogP contribution is 2.35. The van der Waals surface area contributed by atoms with Crippen LogP contribution in [-0.4, -0.2) is 36.6 Å². The molecule has 0 bridgehead atoms. The van der Waals surface area contributed by atoms with E-state index in [-0.39, 0.29) is 5.54 Å². The molecule has 0 aliphatic heterocycles. The number of nitrogens with one attached hydrogen (secondary N) is 1. The average Bonchev–Trinajstić information content (AvgIpc) is 2.37. The largest absolute Gasteiger partial charge is 0.311 e. The molecule has 1 unspecified atom stereocenters. The minimum absolute atomic E-state index is 0.131. The van der Waals surface area contributed by atoms with Crippen LogP contribution in [0.25, 0.3) is 0 Å². The van der Waals surface area contributed by atoms with Crippen LogP contribution in [-0.2, 0) is 0 Å². The quantitative estimate of drug-likeness (QED) is 0.840. The van der Waals surface area contributed by atoms with E-state index in [2.05, 4.69) is 55.3 Å². The number of rotatable bonds is 6. The fourth-order valence-electron chi connectivity index (χ4n) is 2.94. The Morgan fingerprint density at radius 1 is 1.28 bits per heavy atom. The van der Waals surface area contributed by atoms with Gasteiger partial charge in [0.2, 0.25) is 0 Å². The van der Waals surface area contributed by atoms with Crippen molar-refractivity contribution >= 4 is 0 Å². The molecule has 3 nitrogen and oxygen atoms in total. The molecule has 1 aromatic rings. The van der Waals surface area contributed by atoms with Crippen molar-refractivity contribution in [2.75, 3.05) is 21.1 Å². The fourth-order valence-corrected chi connectivity index (χ4v) is 2.94. The molecule has 0 saturated carbocycles. The van der Waals surface area contributed by atoms with Gasteiger partial charge in [0.05, 0.1) is 6.04 Å². The van der Waals surface area contributed by atoms with Crippen molar-refractivity contribution in [3.63, 3.8) is 0 Å². The van der Waals surface area contributed by atoms with Crippen LogP contribution in [0.5, 0.6) is 0 Å². The molecule has 1 atom stereocenters. The summed E-state index contributed by atoms with van der Waals surface area (Å²) in [6, 6.07) is 4.58. The SMILES string of the molecule is CCC(CC)(C(NC)c1ccc(C)nc1)N(C)C. The fraction of sp³-hybridized carbons (Fsp3) is 0.667. The molecule has 0 fully saturated rings. The van der Waals surface area contributed by atoms with Crippen LogP contribution < -0.4 is 5.32 Å². The van der Waals surface area contributed by atoms with Crippen molar-refractivity contribution in [2.45, 2.75) is 45.2 Å². The van der Waals surface area contributed by atoms with Gasteiger partial charge in [-0.1, -0.05) is 19.9 Å². The second-order valence-electron chi connectivity index (χ2n) is 5.16. The lowest BCUT2D eigenvalue weighted by molar-refractivity contribution is 0.0916. The topological polar surface area (TPSA) is 28.2 Å². The Labute approximate surface area is 112 Å². The first-order valence-corrected chi connectivity index (χ1v) is 6.79. The van der Waals surface area contributed by atoms with E-state index >= 15 is 0 Å². The van der Waals surface area contributed by atoms with Gasteiger partial charge in [0.25, 0.3) is 0 Å². The zero-order valence-corrected chi connectivity index (χ0v) is 12.6. The molecule has 102 valence electrons. The predicted octanol–water partition coefficient (Wildman–Crippen LogP) is 2.77. The number of aromatic nitrogens is 1. The van der Waals surface area contributed by atoms with Gasteiger partial charge in [0, 0.05) is 17.4 Å². The highest BCUT2D eigenvalue weighted by Gasteiger charge is 2.37. The highest BCUT2D eigenvalue weighted by atomic mass is 15.2. The maximum absolute atomic E-state index is 4.43. The van der Waals surface area contributed by atoms with Gasteiger partial charge in [-0.15, -0.1) is 0 Å². The number of hydrogen-bond acceptors (Lipinski definition) is 3. The van der Waals surface area contributed by atoms with E-state index in [0.717, 1.165) is 18.5 Å². The molecule has 18 heavy (non-hydrogen) atoms. The average molecular weight is 249 g/mol. The summed E-state index contributed by atoms with van der Waals surface area (Å²) in [4.78, 5) is 6.77. The molecule has 0 spiro atoms. The molecule has 1 heterocycles. The summed E-state index contributed by atoms with van der Waals surface area (Å²) in [6.45, 7) is 6.54. The Kier molecular flexibility index (Phi) is 5.29. The number of hydrogen-bond donors (Lipinski definition) is 1. The summed E-state index contributed by atoms with van der Waals surface area (Å²) in [5.41, 5.74) is 2.46. The lowest BCUT2D eigenvalue weighted by atomic mass is 9.80. The first-order chi connectivity index (χ1) is 8.51. The van der Waals surface area contributed by atoms with E-state index in [1.807, 2.05) is 20.2 Å². The van der Waals surface area contributed by atoms with Crippen molar-refractivity contribution in [3.05, 3.63) is 29.6 Å². The maximum atomic E-state index is 4.43. The summed E-state index contributed by atoms with van der Waals surface area (Å²) in [5.74, 6) is 0. The zero-order valence-electron chi connectivity index (χ0n) is 12.6. The summed E-state index contributed by atoms with van der Waals surface area (Å²) in [5, 5.41) is 3.48. The van der Waals surface area contributed by atoms with Crippen LogP contribution in [0.2, 0.25) is 0 Å². The molecule has 0 amide bonds. The Balaban J connectivity index is 3.17. The van der Waals surface area contributed by atoms with Crippen LogP contribution >= 0.6 is 0 Å². The van der Waals surface area contributed by atoms with E-state index < -0.39 is 0 Å². The lowest BCUT2D eigenvalue weighted by Crippen LogP contribution is -2.52. The molecule has 3 heteroatoms. The zero-order chi connectivity index (χ0) is 13.8. The maximum Gasteiger partial charge on any atom is 0.0519 e. The van der Waals surface area contributed by atoms with Crippen molar-refractivity contribution in [2.24, 2.45) is 0 Å². The monoisotopic (exact) mass is 249 g/mol. The molecule has 0 radical (unpaired) electrons. The van der Waals surface area contributed by atoms with Crippen LogP contribution in [0.1, 0.15) is 44.0 Å². The smallest absolute Gasteiger partial charge is 0.0519 e. The molecule has 1 aromatic heterocycles. The van der Waals surface area contributed by atoms with Gasteiger partial charge in [-0.2, -0.15) is 0 Å². The number of aryl methyl sites for hydroxylation is 1. The van der Waals surface area contributed by atoms with Gasteiger partial charge < -0.3 is 10.2 Å². The molecular formula is C15H27N3. The van der Waals surface area contributed by atoms with E-state index in [1.54, 1.807) is 0 Å². The van der Waals surface area contributed by atoms with Gasteiger partial charge in [-0.3, -0.25) is 4.98 Å². The molecule has 0 aliphatic rings. The first-order valence-electron chi connectivity index (χ1n) is 6.79. The van der Waals surface area contributed by atoms with Crippen LogP contribution in [0.15, 0.2) is 18.3 Å². The Bertz CT molecular complexity index is 353. The van der Waals surface area contributed by atoms with Crippen molar-refractivity contribution in [1.82, 2.24) is 15.2 Å². The lowest BCUT2D eigenvalue weighted by Gasteiger charge is -2.45. The Hall–Kier alpha value is -0.930. The molecular weight excluding hydrogens is 222 g/mol. The highest BCUT2D eigenvalue weighted by molar-refractivity contribution is 5.22. The van der Waals surface area contributed by atoms with Gasteiger partial charge >= 0.3 is 0 Å². The Morgan fingerprint density at radius 3 is 2.22 bits per heavy atom. The van der Waals surface area contributed by atoms with Crippen molar-refractivity contribution < 1.29 is 0 Å². The summed E-state index contributed by atoms with van der Waals surface area (Å²) < 4.78 is 0. The third-order valence-corrected chi connectivity index (χ3v) is 4.21. The van der Waals surface area contributed by atoms with Crippen molar-refractivity contribution in [1.29, 1.82) is 0 Å². The third-order valence-electron chi connectivity index (χ3n) is 4.21. The van der Waals surface area contributed by atoms with Gasteiger partial charge in [0.1, 0.15) is 0 Å². The molecule has 1 rings (SSSR count). The van der Waals surface area contributed by atoms with E-state index in [1.165, 1.54) is 5.56 Å². The molecule has 1 N–H and O–H groups in total. The normalized spacial score (nSPS) is 13.9. The van der Waals surface area contributed by atoms with Crippen LogP contribution in [0, 0.1) is 6.92 Å². The van der Waals surface area contributed by atoms with E-state index in [4.69, 9.17) is 0 Å². The standard InChI is InChI=1S/C15H27N3/c1-7-15(8-2,18(5)6)14(16-4)13-10-9-12(3)17-11-13/h9-11,14,16H,7-8H2,1-6H3. The second kappa shape index (κ2) is 6.30. The first kappa shape index (κ1) is 15.1. The molecule has 0 aliphatic carbocycles. The summed E-state index contributed by atoms with van der Waals surface area (Å²) in [7, 11) is 6.37. The number of likely N-dealkylation sites (N-methyl/N-ethyl adjacent to an activating group) is 2. The van der Waals surface area contributed by atoms with Crippen molar-refractivity contribution in [3.8, 4) is 0 Å². The van der Waals surface area contributed by atoms with E-state index in [0.29, 0.717) is 6.04 Å². The minimum atomic E-state index is 0.131. The second-order valence-corrected chi connectivity index (χ2v) is 5.16. The van der Waals surface area contributed by atoms with E-state index in [9.17, 15) is 0 Å². The number of nitrogens with zero attached hydrogens (tertiary/aromatic N) is 2. The van der Waals surface area contributed by atoms with Gasteiger partial charge in [0.15, 0.2) is 0 Å².